The van der Waals surface area contributed by atoms with Crippen molar-refractivity contribution >= 4 is 22.6 Å². The van der Waals surface area contributed by atoms with E-state index in [1.807, 2.05) is 72.8 Å². The fraction of sp³-hybridized carbons (Fsp3) is 0.421. The molecule has 0 saturated carbocycles. The monoisotopic (exact) mass is 653 g/mol. The van der Waals surface area contributed by atoms with E-state index in [-0.39, 0.29) is 0 Å². The number of primary amides is 1. The van der Waals surface area contributed by atoms with Crippen LogP contribution in [0.5, 0.6) is 5.75 Å². The summed E-state index contributed by atoms with van der Waals surface area (Å²) in [5, 5.41) is 25.1. The van der Waals surface area contributed by atoms with E-state index in [1.165, 1.54) is 76.0 Å². The Bertz CT molecular complexity index is 1610. The van der Waals surface area contributed by atoms with Crippen molar-refractivity contribution in [1.29, 1.82) is 0 Å². The molecule has 9 heteroatoms. The zero-order chi connectivity index (χ0) is 32.9. The zero-order valence-electron chi connectivity index (χ0n) is 27.4. The molecule has 0 radical (unpaired) electrons. The van der Waals surface area contributed by atoms with Gasteiger partial charge >= 0.3 is 0 Å². The molecule has 0 saturated heterocycles. The number of tetrazole rings is 1. The van der Waals surface area contributed by atoms with Crippen molar-refractivity contribution in [3.05, 3.63) is 102 Å². The van der Waals surface area contributed by atoms with E-state index in [9.17, 15) is 9.90 Å². The Hall–Kier alpha value is -3.95. The van der Waals surface area contributed by atoms with Gasteiger partial charge in [0.05, 0.1) is 12.3 Å². The molecule has 2 atom stereocenters. The number of ether oxygens (including phenoxy) is 1. The lowest BCUT2D eigenvalue weighted by atomic mass is 9.71. The number of rotatable bonds is 19. The van der Waals surface area contributed by atoms with Crippen LogP contribution in [-0.4, -0.2) is 37.8 Å². The average Bonchev–Trinajstić information content (AvgIpc) is 3.57. The maximum absolute atomic E-state index is 13.1. The number of fused-ring (bicyclic) bond motifs is 1. The topological polar surface area (TPSA) is 116 Å². The standard InChI is InChI=1S/C38H47N5O3S/c1-2-3-4-5-6-7-8-9-10-11-12-20-27-46-34-26-19-17-23-30(34)33-28-35(31-24-16-18-25-32(31)38(33,45)36(39)44)47-37-40-41-42-43(37)29-21-14-13-15-22-29/h13-19,21-26,28,33,45H,2-12,20,27H2,1H3,(H2,39,44). The van der Waals surface area contributed by atoms with Crippen LogP contribution < -0.4 is 10.5 Å². The smallest absolute Gasteiger partial charge is 0.255 e. The second-order valence-corrected chi connectivity index (χ2v) is 13.3. The van der Waals surface area contributed by atoms with Gasteiger partial charge < -0.3 is 15.6 Å². The van der Waals surface area contributed by atoms with Gasteiger partial charge in [-0.25, -0.2) is 0 Å². The molecule has 1 amide bonds. The highest BCUT2D eigenvalue weighted by molar-refractivity contribution is 8.08. The van der Waals surface area contributed by atoms with E-state index in [0.29, 0.717) is 34.2 Å². The first-order chi connectivity index (χ1) is 23.0. The van der Waals surface area contributed by atoms with Crippen molar-refractivity contribution in [2.45, 2.75) is 101 Å². The Morgan fingerprint density at radius 2 is 1.47 bits per heavy atom. The number of nitrogens with two attached hydrogens (primary N) is 1. The number of nitrogens with zero attached hydrogens (tertiary/aromatic N) is 4. The minimum Gasteiger partial charge on any atom is -0.493 e. The Morgan fingerprint density at radius 1 is 0.851 bits per heavy atom. The normalized spacial score (nSPS) is 17.2. The van der Waals surface area contributed by atoms with Gasteiger partial charge in [0.2, 0.25) is 5.16 Å². The molecule has 8 nitrogen and oxygen atoms in total. The molecule has 1 aliphatic rings. The van der Waals surface area contributed by atoms with E-state index >= 15 is 0 Å². The fourth-order valence-corrected chi connectivity index (χ4v) is 7.31. The third kappa shape index (κ3) is 8.51. The van der Waals surface area contributed by atoms with Crippen LogP contribution in [0, 0.1) is 0 Å². The maximum atomic E-state index is 13.1. The van der Waals surface area contributed by atoms with Gasteiger partial charge in [0.1, 0.15) is 5.75 Å². The SMILES string of the molecule is CCCCCCCCCCCCCCOc1ccccc1C1C=C(Sc2nnnn2-c2ccccc2)c2ccccc2C1(O)C(N)=O. The quantitative estimate of drug-likeness (QED) is 0.0977. The number of thioether (sulfide) groups is 1. The largest absolute Gasteiger partial charge is 0.493 e. The summed E-state index contributed by atoms with van der Waals surface area (Å²) in [6.07, 6.45) is 17.2. The molecule has 1 aromatic heterocycles. The number of carbonyl (C=O) groups is 1. The third-order valence-electron chi connectivity index (χ3n) is 8.90. The highest BCUT2D eigenvalue weighted by Gasteiger charge is 2.49. The lowest BCUT2D eigenvalue weighted by Crippen LogP contribution is -2.47. The molecule has 0 bridgehead atoms. The van der Waals surface area contributed by atoms with Crippen LogP contribution >= 0.6 is 11.8 Å². The number of amides is 1. The molecule has 3 aromatic carbocycles. The van der Waals surface area contributed by atoms with E-state index in [4.69, 9.17) is 10.5 Å². The maximum Gasteiger partial charge on any atom is 0.255 e. The van der Waals surface area contributed by atoms with Crippen LogP contribution in [-0.2, 0) is 10.4 Å². The van der Waals surface area contributed by atoms with Gasteiger partial charge in [0.25, 0.3) is 5.91 Å². The molecule has 5 rings (SSSR count). The molecule has 248 valence electrons. The molecular weight excluding hydrogens is 607 g/mol. The summed E-state index contributed by atoms with van der Waals surface area (Å²) in [5.74, 6) is -0.980. The minimum atomic E-state index is -1.98. The number of unbranched alkanes of at least 4 members (excludes halogenated alkanes) is 11. The van der Waals surface area contributed by atoms with Crippen molar-refractivity contribution in [1.82, 2.24) is 20.2 Å². The van der Waals surface area contributed by atoms with Crippen molar-refractivity contribution in [2.24, 2.45) is 5.73 Å². The van der Waals surface area contributed by atoms with Crippen molar-refractivity contribution < 1.29 is 14.6 Å². The summed E-state index contributed by atoms with van der Waals surface area (Å²) in [6.45, 7) is 2.82. The second kappa shape index (κ2) is 17.3. The van der Waals surface area contributed by atoms with E-state index in [2.05, 4.69) is 22.4 Å². The molecule has 47 heavy (non-hydrogen) atoms. The number of aliphatic hydroxyl groups is 1. The number of hydrogen-bond acceptors (Lipinski definition) is 7. The predicted molar refractivity (Wildman–Crippen MR) is 188 cm³/mol. The van der Waals surface area contributed by atoms with Crippen molar-refractivity contribution in [2.75, 3.05) is 6.61 Å². The molecular formula is C38H47N5O3S. The van der Waals surface area contributed by atoms with E-state index in [0.717, 1.165) is 23.4 Å². The fourth-order valence-electron chi connectivity index (χ4n) is 6.32. The van der Waals surface area contributed by atoms with Gasteiger partial charge in [-0.15, -0.1) is 5.10 Å². The summed E-state index contributed by atoms with van der Waals surface area (Å²) in [7, 11) is 0. The zero-order valence-corrected chi connectivity index (χ0v) is 28.2. The lowest BCUT2D eigenvalue weighted by Gasteiger charge is -2.38. The summed E-state index contributed by atoms with van der Waals surface area (Å²) in [5.41, 5.74) is 6.68. The van der Waals surface area contributed by atoms with Gasteiger partial charge in [-0.2, -0.15) is 4.68 Å². The number of benzene rings is 3. The number of aromatic nitrogens is 4. The molecule has 2 unspecified atom stereocenters. The molecule has 1 heterocycles. The Balaban J connectivity index is 1.29. The van der Waals surface area contributed by atoms with Crippen LogP contribution in [0.2, 0.25) is 0 Å². The Labute approximate surface area is 282 Å². The number of carbonyl (C=O) groups excluding carboxylic acids is 1. The van der Waals surface area contributed by atoms with Crippen LogP contribution in [0.1, 0.15) is 107 Å². The molecule has 3 N–H and O–H groups in total. The van der Waals surface area contributed by atoms with Gasteiger partial charge in [0.15, 0.2) is 5.60 Å². The minimum absolute atomic E-state index is 0.442. The van der Waals surface area contributed by atoms with Crippen LogP contribution in [0.25, 0.3) is 10.6 Å². The van der Waals surface area contributed by atoms with Gasteiger partial charge in [0, 0.05) is 21.9 Å². The van der Waals surface area contributed by atoms with Gasteiger partial charge in [-0.1, -0.05) is 144 Å². The highest BCUT2D eigenvalue weighted by Crippen LogP contribution is 2.51. The molecule has 4 aromatic rings. The third-order valence-corrected chi connectivity index (χ3v) is 9.91. The van der Waals surface area contributed by atoms with Crippen molar-refractivity contribution in [3.8, 4) is 11.4 Å². The van der Waals surface area contributed by atoms with Gasteiger partial charge in [-0.3, -0.25) is 4.79 Å². The van der Waals surface area contributed by atoms with E-state index in [1.54, 1.807) is 16.8 Å². The first-order valence-electron chi connectivity index (χ1n) is 17.1. The molecule has 0 spiro atoms. The highest BCUT2D eigenvalue weighted by atomic mass is 32.2. The predicted octanol–water partition coefficient (Wildman–Crippen LogP) is 8.35. The van der Waals surface area contributed by atoms with Crippen LogP contribution in [0.15, 0.2) is 90.1 Å². The average molecular weight is 654 g/mol. The Kier molecular flexibility index (Phi) is 12.6. The number of hydrogen-bond donors (Lipinski definition) is 2. The number of para-hydroxylation sites is 2. The molecule has 0 aliphatic heterocycles. The molecule has 0 fully saturated rings. The first-order valence-corrected chi connectivity index (χ1v) is 17.9. The van der Waals surface area contributed by atoms with E-state index < -0.39 is 17.4 Å². The first kappa shape index (κ1) is 34.4. The summed E-state index contributed by atoms with van der Waals surface area (Å²) in [4.78, 5) is 13.9. The van der Waals surface area contributed by atoms with Gasteiger partial charge in [-0.05, 0) is 52.4 Å². The van der Waals surface area contributed by atoms with Crippen LogP contribution in [0.4, 0.5) is 0 Å². The summed E-state index contributed by atoms with van der Waals surface area (Å²) in [6, 6.07) is 24.6. The molecule has 1 aliphatic carbocycles. The Morgan fingerprint density at radius 3 is 2.17 bits per heavy atom. The van der Waals surface area contributed by atoms with Crippen LogP contribution in [0.3, 0.4) is 0 Å². The van der Waals surface area contributed by atoms with Crippen molar-refractivity contribution in [3.63, 3.8) is 0 Å². The summed E-state index contributed by atoms with van der Waals surface area (Å²) >= 11 is 1.37. The summed E-state index contributed by atoms with van der Waals surface area (Å²) < 4.78 is 8.00. The lowest BCUT2D eigenvalue weighted by molar-refractivity contribution is -0.138. The second-order valence-electron chi connectivity index (χ2n) is 12.3.